The topological polar surface area (TPSA) is 112 Å². The van der Waals surface area contributed by atoms with Gasteiger partial charge in [-0.1, -0.05) is 37.3 Å². The SMILES string of the molecule is CCC(NC(=O)OCc1ccccc1)C(=O)Cn1nnnc1Cc1nc(-c2ccc(F)cc2)cs1. The normalized spacial score (nSPS) is 11.7. The quantitative estimate of drug-likeness (QED) is 0.357. The highest BCUT2D eigenvalue weighted by Crippen LogP contribution is 2.23. The van der Waals surface area contributed by atoms with E-state index < -0.39 is 12.1 Å². The molecular weight excluding hydrogens is 471 g/mol. The zero-order chi connectivity index (χ0) is 24.6. The smallest absolute Gasteiger partial charge is 0.408 e. The van der Waals surface area contributed by atoms with Crippen LogP contribution in [0, 0.1) is 5.82 Å². The summed E-state index contributed by atoms with van der Waals surface area (Å²) in [6.45, 7) is 1.81. The average molecular weight is 495 g/mol. The summed E-state index contributed by atoms with van der Waals surface area (Å²) in [7, 11) is 0. The molecule has 9 nitrogen and oxygen atoms in total. The van der Waals surface area contributed by atoms with Crippen LogP contribution >= 0.6 is 11.3 Å². The molecule has 2 heterocycles. The second kappa shape index (κ2) is 11.4. The Balaban J connectivity index is 1.34. The van der Waals surface area contributed by atoms with Gasteiger partial charge in [-0.25, -0.2) is 18.9 Å². The second-order valence-electron chi connectivity index (χ2n) is 7.70. The Bertz CT molecular complexity index is 1280. The number of tetrazole rings is 1. The number of thiazole rings is 1. The summed E-state index contributed by atoms with van der Waals surface area (Å²) >= 11 is 1.43. The number of carbonyl (C=O) groups excluding carboxylic acids is 2. The van der Waals surface area contributed by atoms with Gasteiger partial charge in [0.15, 0.2) is 11.6 Å². The molecule has 1 atom stereocenters. The number of carbonyl (C=O) groups is 2. The molecule has 4 aromatic rings. The number of aromatic nitrogens is 5. The van der Waals surface area contributed by atoms with Crippen LogP contribution in [0.1, 0.15) is 29.7 Å². The molecule has 11 heteroatoms. The van der Waals surface area contributed by atoms with E-state index >= 15 is 0 Å². The lowest BCUT2D eigenvalue weighted by Gasteiger charge is -2.16. The summed E-state index contributed by atoms with van der Waals surface area (Å²) in [5.41, 5.74) is 2.38. The van der Waals surface area contributed by atoms with E-state index in [2.05, 4.69) is 25.8 Å². The number of amides is 1. The molecule has 0 bridgehead atoms. The van der Waals surface area contributed by atoms with E-state index in [1.807, 2.05) is 35.7 Å². The summed E-state index contributed by atoms with van der Waals surface area (Å²) in [5, 5.41) is 16.9. The average Bonchev–Trinajstić information content (AvgIpc) is 3.52. The monoisotopic (exact) mass is 494 g/mol. The highest BCUT2D eigenvalue weighted by Gasteiger charge is 2.22. The molecular formula is C24H23FN6O3S. The molecule has 0 radical (unpaired) electrons. The highest BCUT2D eigenvalue weighted by molar-refractivity contribution is 7.10. The van der Waals surface area contributed by atoms with E-state index in [9.17, 15) is 14.0 Å². The van der Waals surface area contributed by atoms with Crippen LogP contribution in [0.25, 0.3) is 11.3 Å². The molecule has 0 aliphatic carbocycles. The molecule has 1 amide bonds. The number of ketones is 1. The number of benzene rings is 2. The van der Waals surface area contributed by atoms with Crippen LogP contribution in [0.2, 0.25) is 0 Å². The molecule has 0 saturated carbocycles. The maximum atomic E-state index is 13.2. The van der Waals surface area contributed by atoms with E-state index in [4.69, 9.17) is 4.74 Å². The molecule has 0 fully saturated rings. The minimum absolute atomic E-state index is 0.101. The van der Waals surface area contributed by atoms with Crippen LogP contribution in [0.15, 0.2) is 60.0 Å². The number of nitrogens with one attached hydrogen (secondary N) is 1. The number of ether oxygens (including phenoxy) is 1. The largest absolute Gasteiger partial charge is 0.445 e. The molecule has 1 N–H and O–H groups in total. The fourth-order valence-electron chi connectivity index (χ4n) is 3.33. The first-order valence-corrected chi connectivity index (χ1v) is 11.8. The Labute approximate surface area is 205 Å². The fraction of sp³-hybridized carbons (Fsp3) is 0.250. The Morgan fingerprint density at radius 3 is 2.66 bits per heavy atom. The van der Waals surface area contributed by atoms with Crippen molar-refractivity contribution in [1.29, 1.82) is 0 Å². The number of alkyl carbamates (subject to hydrolysis) is 1. The first kappa shape index (κ1) is 24.1. The molecule has 0 spiro atoms. The number of nitrogens with zero attached hydrogens (tertiary/aromatic N) is 5. The summed E-state index contributed by atoms with van der Waals surface area (Å²) < 4.78 is 19.8. The van der Waals surface area contributed by atoms with Crippen molar-refractivity contribution in [2.75, 3.05) is 0 Å². The van der Waals surface area contributed by atoms with Crippen LogP contribution < -0.4 is 5.32 Å². The van der Waals surface area contributed by atoms with Crippen molar-refractivity contribution >= 4 is 23.2 Å². The van der Waals surface area contributed by atoms with E-state index in [0.717, 1.165) is 21.8 Å². The number of halogens is 1. The summed E-state index contributed by atoms with van der Waals surface area (Å²) in [6, 6.07) is 14.6. The van der Waals surface area contributed by atoms with Gasteiger partial charge >= 0.3 is 6.09 Å². The minimum atomic E-state index is -0.736. The third kappa shape index (κ3) is 6.54. The third-order valence-corrected chi connectivity index (χ3v) is 6.06. The van der Waals surface area contributed by atoms with Crippen LogP contribution in [-0.2, 0) is 29.1 Å². The van der Waals surface area contributed by atoms with Crippen molar-refractivity contribution in [3.05, 3.63) is 82.2 Å². The third-order valence-electron chi connectivity index (χ3n) is 5.21. The Morgan fingerprint density at radius 2 is 1.91 bits per heavy atom. The van der Waals surface area contributed by atoms with Crippen molar-refractivity contribution in [2.45, 2.75) is 39.0 Å². The lowest BCUT2D eigenvalue weighted by Crippen LogP contribution is -2.42. The highest BCUT2D eigenvalue weighted by atomic mass is 32.1. The molecule has 0 aliphatic rings. The number of hydrogen-bond donors (Lipinski definition) is 1. The first-order chi connectivity index (χ1) is 17.0. The van der Waals surface area contributed by atoms with E-state index in [0.29, 0.717) is 18.7 Å². The van der Waals surface area contributed by atoms with Gasteiger partial charge in [0.2, 0.25) is 0 Å². The molecule has 4 rings (SSSR count). The van der Waals surface area contributed by atoms with Gasteiger partial charge in [-0.05, 0) is 46.7 Å². The van der Waals surface area contributed by atoms with Crippen molar-refractivity contribution in [3.8, 4) is 11.3 Å². The number of rotatable bonds is 10. The zero-order valence-electron chi connectivity index (χ0n) is 18.9. The maximum Gasteiger partial charge on any atom is 0.408 e. The van der Waals surface area contributed by atoms with Gasteiger partial charge in [-0.15, -0.1) is 16.4 Å². The van der Waals surface area contributed by atoms with Crippen molar-refractivity contribution in [2.24, 2.45) is 0 Å². The molecule has 2 aromatic heterocycles. The summed E-state index contributed by atoms with van der Waals surface area (Å²) in [6.07, 6.45) is 0.0572. The zero-order valence-corrected chi connectivity index (χ0v) is 19.7. The van der Waals surface area contributed by atoms with Gasteiger partial charge in [-0.3, -0.25) is 4.79 Å². The fourth-order valence-corrected chi connectivity index (χ4v) is 4.13. The van der Waals surface area contributed by atoms with Crippen LogP contribution in [-0.4, -0.2) is 43.1 Å². The first-order valence-electron chi connectivity index (χ1n) is 11.0. The lowest BCUT2D eigenvalue weighted by molar-refractivity contribution is -0.121. The summed E-state index contributed by atoms with van der Waals surface area (Å²) in [5.74, 6) is -0.0823. The number of hydrogen-bond acceptors (Lipinski definition) is 8. The standard InChI is InChI=1S/C24H23FN6O3S/c1-2-19(27-24(33)34-14-16-6-4-3-5-7-16)21(32)13-31-22(28-29-30-31)12-23-26-20(15-35-23)17-8-10-18(25)11-9-17/h3-11,15,19H,2,12-14H2,1H3,(H,27,33). The predicted molar refractivity (Wildman–Crippen MR) is 127 cm³/mol. The van der Waals surface area contributed by atoms with Gasteiger partial charge in [0.25, 0.3) is 0 Å². The van der Waals surface area contributed by atoms with Crippen molar-refractivity contribution in [1.82, 2.24) is 30.5 Å². The molecule has 0 aliphatic heterocycles. The molecule has 180 valence electrons. The minimum Gasteiger partial charge on any atom is -0.445 e. The van der Waals surface area contributed by atoms with E-state index in [1.165, 1.54) is 28.2 Å². The summed E-state index contributed by atoms with van der Waals surface area (Å²) in [4.78, 5) is 29.6. The molecule has 2 aromatic carbocycles. The van der Waals surface area contributed by atoms with Crippen LogP contribution in [0.3, 0.4) is 0 Å². The van der Waals surface area contributed by atoms with Crippen LogP contribution in [0.5, 0.6) is 0 Å². The van der Waals surface area contributed by atoms with Gasteiger partial charge in [0.05, 0.1) is 18.2 Å². The maximum absolute atomic E-state index is 13.2. The Morgan fingerprint density at radius 1 is 1.14 bits per heavy atom. The molecule has 1 unspecified atom stereocenters. The second-order valence-corrected chi connectivity index (χ2v) is 8.64. The molecule has 0 saturated heterocycles. The van der Waals surface area contributed by atoms with Crippen molar-refractivity contribution in [3.63, 3.8) is 0 Å². The van der Waals surface area contributed by atoms with Gasteiger partial charge < -0.3 is 10.1 Å². The van der Waals surface area contributed by atoms with Crippen molar-refractivity contribution < 1.29 is 18.7 Å². The van der Waals surface area contributed by atoms with E-state index in [-0.39, 0.29) is 24.8 Å². The van der Waals surface area contributed by atoms with E-state index in [1.54, 1.807) is 19.1 Å². The van der Waals surface area contributed by atoms with Gasteiger partial charge in [0.1, 0.15) is 24.0 Å². The van der Waals surface area contributed by atoms with Crippen LogP contribution in [0.4, 0.5) is 9.18 Å². The Hall–Kier alpha value is -3.99. The lowest BCUT2D eigenvalue weighted by atomic mass is 10.1. The van der Waals surface area contributed by atoms with Gasteiger partial charge in [-0.2, -0.15) is 0 Å². The predicted octanol–water partition coefficient (Wildman–Crippen LogP) is 3.80. The number of Topliss-reactive ketones (excluding diaryl/α,β-unsaturated/α-hetero) is 1. The Kier molecular flexibility index (Phi) is 7.88. The molecule has 35 heavy (non-hydrogen) atoms. The van der Waals surface area contributed by atoms with Gasteiger partial charge in [0, 0.05) is 10.9 Å².